The summed E-state index contributed by atoms with van der Waals surface area (Å²) >= 11 is 13.9. The first-order valence-electron chi connectivity index (χ1n) is 6.98. The maximum atomic E-state index is 10.1. The Kier molecular flexibility index (Phi) is 9.74. The number of aliphatic hydroxyl groups excluding tert-OH is 1. The van der Waals surface area contributed by atoms with Crippen LogP contribution in [0.1, 0.15) is 37.4 Å². The average molecular weight is 336 g/mol. The van der Waals surface area contributed by atoms with Gasteiger partial charge in [-0.3, -0.25) is 0 Å². The molecule has 0 aliphatic heterocycles. The largest absolute Gasteiger partial charge is 0.387 e. The number of hydrogen-bond acceptors (Lipinski definition) is 3. The van der Waals surface area contributed by atoms with E-state index in [1.165, 1.54) is 25.0 Å². The van der Waals surface area contributed by atoms with E-state index in [2.05, 4.69) is 11.6 Å². The number of nitrogens with one attached hydrogen (secondary N) is 1. The van der Waals surface area contributed by atoms with Crippen molar-refractivity contribution < 1.29 is 5.11 Å². The molecule has 0 heterocycles. The van der Waals surface area contributed by atoms with Crippen molar-refractivity contribution in [3.8, 4) is 0 Å². The minimum Gasteiger partial charge on any atom is -0.387 e. The number of hydrogen-bond donors (Lipinski definition) is 2. The van der Waals surface area contributed by atoms with Gasteiger partial charge in [-0.1, -0.05) is 36.0 Å². The lowest BCUT2D eigenvalue weighted by Crippen LogP contribution is -2.22. The van der Waals surface area contributed by atoms with Crippen LogP contribution < -0.4 is 5.32 Å². The van der Waals surface area contributed by atoms with Gasteiger partial charge in [-0.25, -0.2) is 0 Å². The number of unbranched alkanes of at least 4 members (excludes halogenated alkanes) is 3. The molecule has 0 amide bonds. The van der Waals surface area contributed by atoms with E-state index in [-0.39, 0.29) is 0 Å². The second kappa shape index (κ2) is 10.7. The molecule has 0 fully saturated rings. The molecule has 1 unspecified atom stereocenters. The maximum absolute atomic E-state index is 10.1. The highest BCUT2D eigenvalue weighted by atomic mass is 35.5. The Morgan fingerprint density at radius 1 is 1.20 bits per heavy atom. The Balaban J connectivity index is 2.17. The Bertz CT molecular complexity index is 390. The highest BCUT2D eigenvalue weighted by molar-refractivity contribution is 7.98. The third-order valence-corrected chi connectivity index (χ3v) is 4.38. The van der Waals surface area contributed by atoms with Crippen LogP contribution in [0.3, 0.4) is 0 Å². The quantitative estimate of drug-likeness (QED) is 0.615. The van der Waals surface area contributed by atoms with Crippen molar-refractivity contribution in [3.63, 3.8) is 0 Å². The minimum atomic E-state index is -0.613. The van der Waals surface area contributed by atoms with Gasteiger partial charge in [0.1, 0.15) is 0 Å². The topological polar surface area (TPSA) is 32.3 Å². The van der Waals surface area contributed by atoms with Crippen molar-refractivity contribution in [1.82, 2.24) is 5.32 Å². The van der Waals surface area contributed by atoms with Gasteiger partial charge >= 0.3 is 0 Å². The van der Waals surface area contributed by atoms with Crippen molar-refractivity contribution in [2.75, 3.05) is 25.1 Å². The van der Waals surface area contributed by atoms with Gasteiger partial charge in [-0.2, -0.15) is 11.8 Å². The van der Waals surface area contributed by atoms with Crippen molar-refractivity contribution >= 4 is 35.0 Å². The first-order chi connectivity index (χ1) is 9.65. The fourth-order valence-electron chi connectivity index (χ4n) is 1.97. The van der Waals surface area contributed by atoms with E-state index in [0.29, 0.717) is 22.2 Å². The van der Waals surface area contributed by atoms with Crippen LogP contribution >= 0.6 is 35.0 Å². The predicted molar refractivity (Wildman–Crippen MR) is 91.1 cm³/mol. The van der Waals surface area contributed by atoms with Crippen LogP contribution in [0.2, 0.25) is 10.0 Å². The van der Waals surface area contributed by atoms with Gasteiger partial charge < -0.3 is 10.4 Å². The van der Waals surface area contributed by atoms with Gasteiger partial charge in [0, 0.05) is 22.2 Å². The van der Waals surface area contributed by atoms with Gasteiger partial charge in [0.25, 0.3) is 0 Å². The molecule has 0 spiro atoms. The van der Waals surface area contributed by atoms with E-state index in [0.717, 1.165) is 13.0 Å². The van der Waals surface area contributed by atoms with Gasteiger partial charge in [0.05, 0.1) is 6.10 Å². The van der Waals surface area contributed by atoms with Crippen LogP contribution in [-0.2, 0) is 0 Å². The summed E-state index contributed by atoms with van der Waals surface area (Å²) in [6.07, 6.45) is 6.49. The molecule has 0 saturated carbocycles. The van der Waals surface area contributed by atoms with E-state index in [4.69, 9.17) is 23.2 Å². The third-order valence-electron chi connectivity index (χ3n) is 3.11. The molecule has 0 aromatic heterocycles. The molecule has 1 atom stereocenters. The summed E-state index contributed by atoms with van der Waals surface area (Å²) < 4.78 is 0. The fraction of sp³-hybridized carbons (Fsp3) is 0.600. The van der Waals surface area contributed by atoms with Crippen LogP contribution in [0.4, 0.5) is 0 Å². The van der Waals surface area contributed by atoms with Gasteiger partial charge in [-0.15, -0.1) is 0 Å². The summed E-state index contributed by atoms with van der Waals surface area (Å²) in [4.78, 5) is 0. The molecule has 0 radical (unpaired) electrons. The Labute approximate surface area is 136 Å². The standard InChI is InChI=1S/C15H23Cl2NOS/c1-20-9-5-3-2-4-8-18-11-15(19)13-10-12(16)6-7-14(13)17/h6-7,10,15,18-19H,2-5,8-9,11H2,1H3. The first kappa shape index (κ1) is 18.1. The fourth-order valence-corrected chi connectivity index (χ4v) is 2.89. The monoisotopic (exact) mass is 335 g/mol. The summed E-state index contributed by atoms with van der Waals surface area (Å²) in [5.41, 5.74) is 0.687. The third kappa shape index (κ3) is 7.19. The molecule has 2 N–H and O–H groups in total. The van der Waals surface area contributed by atoms with Crippen molar-refractivity contribution in [1.29, 1.82) is 0 Å². The highest BCUT2D eigenvalue weighted by Gasteiger charge is 2.11. The SMILES string of the molecule is CSCCCCCCNCC(O)c1cc(Cl)ccc1Cl. The van der Waals surface area contributed by atoms with Crippen LogP contribution in [-0.4, -0.2) is 30.2 Å². The lowest BCUT2D eigenvalue weighted by atomic mass is 10.1. The summed E-state index contributed by atoms with van der Waals surface area (Å²) in [5.74, 6) is 1.25. The van der Waals surface area contributed by atoms with Crippen molar-refractivity contribution in [2.45, 2.75) is 31.8 Å². The van der Waals surface area contributed by atoms with Crippen LogP contribution in [0.5, 0.6) is 0 Å². The first-order valence-corrected chi connectivity index (χ1v) is 9.12. The van der Waals surface area contributed by atoms with Crippen molar-refractivity contribution in [2.24, 2.45) is 0 Å². The molecule has 0 aliphatic rings. The molecule has 0 bridgehead atoms. The Morgan fingerprint density at radius 2 is 1.95 bits per heavy atom. The number of halogens is 2. The Hall–Kier alpha value is 0.0700. The molecule has 5 heteroatoms. The molecule has 1 rings (SSSR count). The number of rotatable bonds is 10. The molecule has 20 heavy (non-hydrogen) atoms. The second-order valence-corrected chi connectivity index (χ2v) is 6.62. The number of thioether (sulfide) groups is 1. The van der Waals surface area contributed by atoms with Crippen LogP contribution in [0.15, 0.2) is 18.2 Å². The molecule has 1 aromatic rings. The summed E-state index contributed by atoms with van der Waals surface area (Å²) in [6, 6.07) is 5.16. The van der Waals surface area contributed by atoms with Gasteiger partial charge in [0.15, 0.2) is 0 Å². The molecular formula is C15H23Cl2NOS. The molecular weight excluding hydrogens is 313 g/mol. The zero-order valence-corrected chi connectivity index (χ0v) is 14.2. The lowest BCUT2D eigenvalue weighted by molar-refractivity contribution is 0.175. The van der Waals surface area contributed by atoms with E-state index in [1.54, 1.807) is 18.2 Å². The van der Waals surface area contributed by atoms with E-state index in [9.17, 15) is 5.11 Å². The van der Waals surface area contributed by atoms with Crippen LogP contribution in [0, 0.1) is 0 Å². The molecule has 0 aliphatic carbocycles. The smallest absolute Gasteiger partial charge is 0.0929 e. The number of aliphatic hydroxyl groups is 1. The summed E-state index contributed by atoms with van der Waals surface area (Å²) in [6.45, 7) is 1.43. The second-order valence-electron chi connectivity index (χ2n) is 4.79. The summed E-state index contributed by atoms with van der Waals surface area (Å²) in [5, 5.41) is 14.5. The van der Waals surface area contributed by atoms with E-state index in [1.807, 2.05) is 11.8 Å². The molecule has 1 aromatic carbocycles. The predicted octanol–water partition coefficient (Wildman–Crippen LogP) is 4.54. The highest BCUT2D eigenvalue weighted by Crippen LogP contribution is 2.25. The van der Waals surface area contributed by atoms with E-state index < -0.39 is 6.10 Å². The zero-order chi connectivity index (χ0) is 14.8. The Morgan fingerprint density at radius 3 is 2.70 bits per heavy atom. The average Bonchev–Trinajstić information content (AvgIpc) is 2.44. The minimum absolute atomic E-state index is 0.505. The maximum Gasteiger partial charge on any atom is 0.0929 e. The molecule has 0 saturated heterocycles. The number of benzene rings is 1. The molecule has 2 nitrogen and oxygen atoms in total. The lowest BCUT2D eigenvalue weighted by Gasteiger charge is -2.14. The zero-order valence-electron chi connectivity index (χ0n) is 11.9. The van der Waals surface area contributed by atoms with Gasteiger partial charge in [-0.05, 0) is 49.6 Å². The normalized spacial score (nSPS) is 12.6. The van der Waals surface area contributed by atoms with Crippen LogP contribution in [0.25, 0.3) is 0 Å². The van der Waals surface area contributed by atoms with Crippen molar-refractivity contribution in [3.05, 3.63) is 33.8 Å². The van der Waals surface area contributed by atoms with Gasteiger partial charge in [0.2, 0.25) is 0 Å². The van der Waals surface area contributed by atoms with E-state index >= 15 is 0 Å². The molecule has 114 valence electrons. The summed E-state index contributed by atoms with van der Waals surface area (Å²) in [7, 11) is 0.